The molecule has 0 aliphatic rings. The minimum Gasteiger partial charge on any atom is -0.461 e. The highest BCUT2D eigenvalue weighted by molar-refractivity contribution is 7.14. The van der Waals surface area contributed by atoms with Crippen molar-refractivity contribution in [2.45, 2.75) is 26.8 Å². The molecule has 0 saturated carbocycles. The van der Waals surface area contributed by atoms with Gasteiger partial charge in [0, 0.05) is 11.1 Å². The highest BCUT2D eigenvalue weighted by Gasteiger charge is 2.19. The molecule has 0 bridgehead atoms. The molecule has 1 N–H and O–H groups in total. The fourth-order valence-corrected chi connectivity index (χ4v) is 3.08. The largest absolute Gasteiger partial charge is 0.461 e. The summed E-state index contributed by atoms with van der Waals surface area (Å²) in [6, 6.07) is 0.0346. The molecule has 102 valence electrons. The minimum atomic E-state index is -0.395. The molecule has 0 saturated heterocycles. The fourth-order valence-electron chi connectivity index (χ4n) is 1.52. The summed E-state index contributed by atoms with van der Waals surface area (Å²) < 4.78 is 4.97. The van der Waals surface area contributed by atoms with Crippen molar-refractivity contribution in [1.29, 1.82) is 0 Å². The van der Waals surface area contributed by atoms with Crippen LogP contribution < -0.4 is 5.32 Å². The number of carbonyl (C=O) groups is 1. The highest BCUT2D eigenvalue weighted by atomic mass is 32.1. The molecule has 0 spiro atoms. The quantitative estimate of drug-likeness (QED) is 0.858. The first-order chi connectivity index (χ1) is 9.11. The standard InChI is InChI=1S/C12H15N3O2S2/c1-4-17-12(16)9-11(19-6-13-9)15-8(3)10-14-7(2)5-18-10/h5-6,8,15H,4H2,1-3H3. The summed E-state index contributed by atoms with van der Waals surface area (Å²) in [4.78, 5) is 20.2. The lowest BCUT2D eigenvalue weighted by Crippen LogP contribution is -2.11. The maximum absolute atomic E-state index is 11.7. The Morgan fingerprint density at radius 3 is 2.95 bits per heavy atom. The zero-order chi connectivity index (χ0) is 13.8. The van der Waals surface area contributed by atoms with Gasteiger partial charge in [-0.1, -0.05) is 0 Å². The predicted octanol–water partition coefficient (Wildman–Crippen LogP) is 3.26. The minimum absolute atomic E-state index is 0.0346. The summed E-state index contributed by atoms with van der Waals surface area (Å²) in [5, 5.41) is 6.98. The van der Waals surface area contributed by atoms with Gasteiger partial charge in [0.25, 0.3) is 0 Å². The number of nitrogens with zero attached hydrogens (tertiary/aromatic N) is 2. The Morgan fingerprint density at radius 2 is 2.32 bits per heavy atom. The van der Waals surface area contributed by atoms with Crippen LogP contribution in [0.1, 0.15) is 41.1 Å². The lowest BCUT2D eigenvalue weighted by Gasteiger charge is -2.11. The van der Waals surface area contributed by atoms with E-state index in [4.69, 9.17) is 4.74 Å². The van der Waals surface area contributed by atoms with Gasteiger partial charge in [0.05, 0.1) is 18.2 Å². The van der Waals surface area contributed by atoms with E-state index < -0.39 is 5.97 Å². The number of esters is 1. The SMILES string of the molecule is CCOC(=O)c1ncsc1NC(C)c1nc(C)cs1. The van der Waals surface area contributed by atoms with Crippen molar-refractivity contribution in [3.63, 3.8) is 0 Å². The number of hydrogen-bond donors (Lipinski definition) is 1. The fraction of sp³-hybridized carbons (Fsp3) is 0.417. The zero-order valence-corrected chi connectivity index (χ0v) is 12.6. The van der Waals surface area contributed by atoms with E-state index in [1.54, 1.807) is 23.8 Å². The van der Waals surface area contributed by atoms with E-state index in [-0.39, 0.29) is 6.04 Å². The topological polar surface area (TPSA) is 64.1 Å². The van der Waals surface area contributed by atoms with Crippen molar-refractivity contribution in [2.24, 2.45) is 0 Å². The van der Waals surface area contributed by atoms with Crippen LogP contribution >= 0.6 is 22.7 Å². The second-order valence-corrected chi connectivity index (χ2v) is 5.69. The van der Waals surface area contributed by atoms with Gasteiger partial charge in [0.2, 0.25) is 0 Å². The molecule has 0 amide bonds. The first-order valence-corrected chi connectivity index (χ1v) is 7.67. The molecule has 2 aromatic rings. The van der Waals surface area contributed by atoms with Gasteiger partial charge in [0.15, 0.2) is 5.69 Å². The second kappa shape index (κ2) is 6.12. The number of nitrogens with one attached hydrogen (secondary N) is 1. The van der Waals surface area contributed by atoms with Crippen LogP contribution in [0.3, 0.4) is 0 Å². The Kier molecular flexibility index (Phi) is 4.49. The van der Waals surface area contributed by atoms with Crippen LogP contribution in [0.25, 0.3) is 0 Å². The molecule has 0 aliphatic heterocycles. The van der Waals surface area contributed by atoms with Crippen LogP contribution in [-0.2, 0) is 4.74 Å². The summed E-state index contributed by atoms with van der Waals surface area (Å²) in [6.07, 6.45) is 0. The molecule has 2 aromatic heterocycles. The number of thiazole rings is 2. The Morgan fingerprint density at radius 1 is 1.53 bits per heavy atom. The van der Waals surface area contributed by atoms with E-state index in [0.717, 1.165) is 15.7 Å². The van der Waals surface area contributed by atoms with Gasteiger partial charge in [-0.25, -0.2) is 14.8 Å². The van der Waals surface area contributed by atoms with E-state index in [0.29, 0.717) is 12.3 Å². The van der Waals surface area contributed by atoms with Crippen molar-refractivity contribution >= 4 is 33.6 Å². The van der Waals surface area contributed by atoms with Crippen LogP contribution in [0.2, 0.25) is 0 Å². The molecule has 7 heteroatoms. The predicted molar refractivity (Wildman–Crippen MR) is 77.0 cm³/mol. The van der Waals surface area contributed by atoms with Crippen LogP contribution in [-0.4, -0.2) is 22.5 Å². The summed E-state index contributed by atoms with van der Waals surface area (Å²) in [5.74, 6) is -0.395. The van der Waals surface area contributed by atoms with Crippen molar-refractivity contribution in [2.75, 3.05) is 11.9 Å². The van der Waals surface area contributed by atoms with Crippen molar-refractivity contribution in [3.05, 3.63) is 27.3 Å². The van der Waals surface area contributed by atoms with Crippen LogP contribution in [0, 0.1) is 6.92 Å². The number of anilines is 1. The maximum Gasteiger partial charge on any atom is 0.360 e. The molecule has 2 heterocycles. The van der Waals surface area contributed by atoms with Gasteiger partial charge < -0.3 is 10.1 Å². The lowest BCUT2D eigenvalue weighted by molar-refractivity contribution is 0.0521. The Labute approximate surface area is 119 Å². The smallest absolute Gasteiger partial charge is 0.360 e. The van der Waals surface area contributed by atoms with Gasteiger partial charge >= 0.3 is 5.97 Å². The summed E-state index contributed by atoms with van der Waals surface area (Å²) in [7, 11) is 0. The molecule has 1 atom stereocenters. The maximum atomic E-state index is 11.7. The first-order valence-electron chi connectivity index (χ1n) is 5.91. The zero-order valence-electron chi connectivity index (χ0n) is 11.0. The van der Waals surface area contributed by atoms with E-state index in [1.807, 2.05) is 19.2 Å². The number of carbonyl (C=O) groups excluding carboxylic acids is 1. The Balaban J connectivity index is 2.11. The molecular formula is C12H15N3O2S2. The molecule has 1 unspecified atom stereocenters. The molecular weight excluding hydrogens is 282 g/mol. The summed E-state index contributed by atoms with van der Waals surface area (Å²) in [6.45, 7) is 6.09. The first kappa shape index (κ1) is 14.0. The molecule has 0 aromatic carbocycles. The van der Waals surface area contributed by atoms with Crippen LogP contribution in [0.15, 0.2) is 10.9 Å². The van der Waals surface area contributed by atoms with Crippen molar-refractivity contribution in [3.8, 4) is 0 Å². The molecule has 19 heavy (non-hydrogen) atoms. The number of aryl methyl sites for hydroxylation is 1. The van der Waals surface area contributed by atoms with Gasteiger partial charge in [-0.05, 0) is 20.8 Å². The van der Waals surface area contributed by atoms with E-state index in [1.165, 1.54) is 11.3 Å². The number of hydrogen-bond acceptors (Lipinski definition) is 7. The van der Waals surface area contributed by atoms with Crippen LogP contribution in [0.4, 0.5) is 5.00 Å². The third-order valence-corrected chi connectivity index (χ3v) is 4.29. The summed E-state index contributed by atoms with van der Waals surface area (Å²) >= 11 is 2.99. The van der Waals surface area contributed by atoms with Gasteiger partial charge in [-0.15, -0.1) is 22.7 Å². The monoisotopic (exact) mass is 297 g/mol. The van der Waals surface area contributed by atoms with Crippen LogP contribution in [0.5, 0.6) is 0 Å². The number of aromatic nitrogens is 2. The highest BCUT2D eigenvalue weighted by Crippen LogP contribution is 2.27. The third kappa shape index (κ3) is 3.30. The molecule has 2 rings (SSSR count). The Hall–Kier alpha value is -1.47. The second-order valence-electron chi connectivity index (χ2n) is 3.94. The van der Waals surface area contributed by atoms with Gasteiger partial charge in [-0.2, -0.15) is 0 Å². The number of rotatable bonds is 5. The number of ether oxygens (including phenoxy) is 1. The van der Waals surface area contributed by atoms with E-state index in [9.17, 15) is 4.79 Å². The van der Waals surface area contributed by atoms with Crippen molar-refractivity contribution < 1.29 is 9.53 Å². The molecule has 0 fully saturated rings. The third-order valence-electron chi connectivity index (χ3n) is 2.39. The molecule has 0 radical (unpaired) electrons. The average Bonchev–Trinajstić information content (AvgIpc) is 2.98. The van der Waals surface area contributed by atoms with Crippen molar-refractivity contribution in [1.82, 2.24) is 9.97 Å². The Bertz CT molecular complexity index is 565. The molecule has 5 nitrogen and oxygen atoms in total. The van der Waals surface area contributed by atoms with E-state index >= 15 is 0 Å². The average molecular weight is 297 g/mol. The lowest BCUT2D eigenvalue weighted by atomic mass is 10.3. The van der Waals surface area contributed by atoms with Gasteiger partial charge in [0.1, 0.15) is 10.0 Å². The van der Waals surface area contributed by atoms with E-state index in [2.05, 4.69) is 15.3 Å². The normalized spacial score (nSPS) is 12.2. The summed E-state index contributed by atoms with van der Waals surface area (Å²) in [5.41, 5.74) is 2.98. The molecule has 0 aliphatic carbocycles. The van der Waals surface area contributed by atoms with Gasteiger partial charge in [-0.3, -0.25) is 0 Å².